The van der Waals surface area contributed by atoms with Gasteiger partial charge in [0.15, 0.2) is 11.5 Å². The quantitative estimate of drug-likeness (QED) is 0.216. The third-order valence-electron chi connectivity index (χ3n) is 7.25. The van der Waals surface area contributed by atoms with Crippen LogP contribution in [-0.4, -0.2) is 60.7 Å². The van der Waals surface area contributed by atoms with Gasteiger partial charge in [0.1, 0.15) is 24.5 Å². The Kier molecular flexibility index (Phi) is 8.59. The van der Waals surface area contributed by atoms with E-state index in [0.717, 1.165) is 11.0 Å². The number of benzene rings is 2. The SMILES string of the molecule is CCCc1cc(C(O)(C(F)(F)F)C(F)(F)F)ccc1OCCCCN1C(=O)NC(C)(c2ccc3c(c2)OCCO3)C1=O. The molecule has 8 nitrogen and oxygen atoms in total. The van der Waals surface area contributed by atoms with Crippen LogP contribution in [0.25, 0.3) is 0 Å². The van der Waals surface area contributed by atoms with Gasteiger partial charge in [0.25, 0.3) is 11.5 Å². The number of halogens is 6. The molecular weight excluding hydrogens is 574 g/mol. The van der Waals surface area contributed by atoms with Crippen LogP contribution < -0.4 is 19.5 Å². The van der Waals surface area contributed by atoms with Gasteiger partial charge in [-0.2, -0.15) is 26.3 Å². The molecule has 2 aliphatic rings. The first kappa shape index (κ1) is 31.3. The lowest BCUT2D eigenvalue weighted by atomic mass is 9.90. The highest BCUT2D eigenvalue weighted by Gasteiger charge is 2.71. The van der Waals surface area contributed by atoms with Crippen molar-refractivity contribution in [1.82, 2.24) is 10.2 Å². The van der Waals surface area contributed by atoms with Crippen LogP contribution >= 0.6 is 0 Å². The molecule has 2 aromatic rings. The molecule has 0 aliphatic carbocycles. The summed E-state index contributed by atoms with van der Waals surface area (Å²) in [6, 6.07) is 6.58. The van der Waals surface area contributed by atoms with Gasteiger partial charge < -0.3 is 24.6 Å². The third-order valence-corrected chi connectivity index (χ3v) is 7.25. The summed E-state index contributed by atoms with van der Waals surface area (Å²) in [5, 5.41) is 12.4. The molecule has 0 radical (unpaired) electrons. The average molecular weight is 605 g/mol. The Bertz CT molecular complexity index is 1320. The zero-order chi connectivity index (χ0) is 30.9. The van der Waals surface area contributed by atoms with E-state index in [-0.39, 0.29) is 30.9 Å². The van der Waals surface area contributed by atoms with Crippen LogP contribution in [0.1, 0.15) is 49.8 Å². The second-order valence-corrected chi connectivity index (χ2v) is 10.2. The standard InChI is InChI=1S/C28H30F6N2O6/c1-3-6-17-15-19(26(39,27(29,30)31)28(32,33)34)8-9-20(17)40-12-5-4-11-36-23(37)25(2,35-24(36)38)18-7-10-21-22(16-18)42-14-13-41-21/h7-10,15-16,39H,3-6,11-14H2,1-2H3,(H,35,38). The number of amides is 3. The topological polar surface area (TPSA) is 97.3 Å². The molecule has 2 aliphatic heterocycles. The lowest BCUT2D eigenvalue weighted by molar-refractivity contribution is -0.376. The molecule has 14 heteroatoms. The van der Waals surface area contributed by atoms with Crippen LogP contribution in [0.3, 0.4) is 0 Å². The number of alkyl halides is 6. The van der Waals surface area contributed by atoms with E-state index < -0.39 is 41.0 Å². The Labute approximate surface area is 237 Å². The predicted molar refractivity (Wildman–Crippen MR) is 136 cm³/mol. The summed E-state index contributed by atoms with van der Waals surface area (Å²) in [5.41, 5.74) is -7.11. The van der Waals surface area contributed by atoms with Crippen molar-refractivity contribution in [2.24, 2.45) is 0 Å². The van der Waals surface area contributed by atoms with Crippen molar-refractivity contribution >= 4 is 11.9 Å². The number of ether oxygens (including phenoxy) is 3. The van der Waals surface area contributed by atoms with Gasteiger partial charge in [0, 0.05) is 12.1 Å². The van der Waals surface area contributed by atoms with E-state index in [9.17, 15) is 41.0 Å². The van der Waals surface area contributed by atoms with E-state index in [1.165, 1.54) is 0 Å². The van der Waals surface area contributed by atoms with Crippen molar-refractivity contribution in [2.75, 3.05) is 26.4 Å². The first-order valence-electron chi connectivity index (χ1n) is 13.3. The van der Waals surface area contributed by atoms with Crippen molar-refractivity contribution in [3.8, 4) is 17.2 Å². The maximum atomic E-state index is 13.3. The molecule has 2 aromatic carbocycles. The van der Waals surface area contributed by atoms with Crippen molar-refractivity contribution in [3.05, 3.63) is 53.1 Å². The fourth-order valence-corrected chi connectivity index (χ4v) is 4.90. The van der Waals surface area contributed by atoms with Gasteiger partial charge in [-0.25, -0.2) is 4.79 Å². The minimum absolute atomic E-state index is 0.0158. The predicted octanol–water partition coefficient (Wildman–Crippen LogP) is 5.35. The fraction of sp³-hybridized carbons (Fsp3) is 0.500. The number of nitrogens with zero attached hydrogens (tertiary/aromatic N) is 1. The van der Waals surface area contributed by atoms with E-state index in [1.54, 1.807) is 32.0 Å². The molecule has 0 bridgehead atoms. The smallest absolute Gasteiger partial charge is 0.430 e. The molecule has 1 atom stereocenters. The molecule has 0 saturated carbocycles. The number of imide groups is 1. The van der Waals surface area contributed by atoms with Crippen LogP contribution in [0, 0.1) is 0 Å². The summed E-state index contributed by atoms with van der Waals surface area (Å²) >= 11 is 0. The molecule has 1 saturated heterocycles. The average Bonchev–Trinajstić information content (AvgIpc) is 3.15. The molecular formula is C28H30F6N2O6. The van der Waals surface area contributed by atoms with E-state index in [4.69, 9.17) is 14.2 Å². The van der Waals surface area contributed by atoms with Gasteiger partial charge in [0.05, 0.1) is 6.61 Å². The zero-order valence-corrected chi connectivity index (χ0v) is 22.8. The summed E-state index contributed by atoms with van der Waals surface area (Å²) in [7, 11) is 0. The van der Waals surface area contributed by atoms with Crippen LogP contribution in [0.4, 0.5) is 31.1 Å². The van der Waals surface area contributed by atoms with Gasteiger partial charge >= 0.3 is 18.4 Å². The molecule has 2 N–H and O–H groups in total. The second-order valence-electron chi connectivity index (χ2n) is 10.2. The van der Waals surface area contributed by atoms with Gasteiger partial charge in [-0.05, 0) is 61.6 Å². The molecule has 4 rings (SSSR count). The molecule has 2 heterocycles. The van der Waals surface area contributed by atoms with E-state index in [1.807, 2.05) is 0 Å². The van der Waals surface area contributed by atoms with E-state index in [0.29, 0.717) is 61.7 Å². The Morgan fingerprint density at radius 3 is 2.29 bits per heavy atom. The van der Waals surface area contributed by atoms with E-state index in [2.05, 4.69) is 5.32 Å². The third kappa shape index (κ3) is 5.68. The number of hydrogen-bond donors (Lipinski definition) is 2. The molecule has 42 heavy (non-hydrogen) atoms. The minimum Gasteiger partial charge on any atom is -0.493 e. The van der Waals surface area contributed by atoms with Crippen molar-refractivity contribution < 1.29 is 55.2 Å². The maximum Gasteiger partial charge on any atom is 0.430 e. The maximum absolute atomic E-state index is 13.3. The Hall–Kier alpha value is -3.68. The highest BCUT2D eigenvalue weighted by atomic mass is 19.4. The van der Waals surface area contributed by atoms with Gasteiger partial charge in [-0.1, -0.05) is 25.5 Å². The van der Waals surface area contributed by atoms with Gasteiger partial charge in [0.2, 0.25) is 0 Å². The van der Waals surface area contributed by atoms with Crippen LogP contribution in [-0.2, 0) is 22.4 Å². The molecule has 1 unspecified atom stereocenters. The van der Waals surface area contributed by atoms with Gasteiger partial charge in [-0.15, -0.1) is 0 Å². The first-order chi connectivity index (χ1) is 19.6. The lowest BCUT2D eigenvalue weighted by Gasteiger charge is -2.33. The number of aryl methyl sites for hydroxylation is 1. The van der Waals surface area contributed by atoms with Crippen molar-refractivity contribution in [1.29, 1.82) is 0 Å². The summed E-state index contributed by atoms with van der Waals surface area (Å²) in [6.45, 7) is 4.10. The molecule has 3 amide bonds. The highest BCUT2D eigenvalue weighted by Crippen LogP contribution is 2.50. The number of unbranched alkanes of at least 4 members (excludes halogenated alkanes) is 1. The number of nitrogens with one attached hydrogen (secondary N) is 1. The second kappa shape index (κ2) is 11.5. The van der Waals surface area contributed by atoms with Crippen LogP contribution in [0.5, 0.6) is 17.2 Å². The largest absolute Gasteiger partial charge is 0.493 e. The highest BCUT2D eigenvalue weighted by molar-refractivity contribution is 6.07. The van der Waals surface area contributed by atoms with Crippen molar-refractivity contribution in [3.63, 3.8) is 0 Å². The molecule has 0 spiro atoms. The Morgan fingerprint density at radius 2 is 1.64 bits per heavy atom. The molecule has 230 valence electrons. The zero-order valence-electron chi connectivity index (χ0n) is 22.8. The van der Waals surface area contributed by atoms with Crippen LogP contribution in [0.15, 0.2) is 36.4 Å². The molecule has 0 aromatic heterocycles. The van der Waals surface area contributed by atoms with Crippen molar-refractivity contribution in [2.45, 2.75) is 63.0 Å². The van der Waals surface area contributed by atoms with E-state index >= 15 is 0 Å². The summed E-state index contributed by atoms with van der Waals surface area (Å²) < 4.78 is 96.6. The van der Waals surface area contributed by atoms with Gasteiger partial charge in [-0.3, -0.25) is 9.69 Å². The Balaban J connectivity index is 1.38. The summed E-state index contributed by atoms with van der Waals surface area (Å²) in [4.78, 5) is 26.9. The summed E-state index contributed by atoms with van der Waals surface area (Å²) in [6.07, 6.45) is -10.8. The number of hydrogen-bond acceptors (Lipinski definition) is 6. The lowest BCUT2D eigenvalue weighted by Crippen LogP contribution is -2.53. The normalized spacial score (nSPS) is 19.2. The Morgan fingerprint density at radius 1 is 0.976 bits per heavy atom. The first-order valence-corrected chi connectivity index (χ1v) is 13.3. The number of fused-ring (bicyclic) bond motifs is 1. The molecule has 1 fully saturated rings. The monoisotopic (exact) mass is 604 g/mol. The van der Waals surface area contributed by atoms with Crippen LogP contribution in [0.2, 0.25) is 0 Å². The number of urea groups is 1. The minimum atomic E-state index is -5.99. The number of carbonyl (C=O) groups excluding carboxylic acids is 2. The number of rotatable bonds is 10. The number of aliphatic hydroxyl groups is 1. The number of carbonyl (C=O) groups is 2. The fourth-order valence-electron chi connectivity index (χ4n) is 4.90. The summed E-state index contributed by atoms with van der Waals surface area (Å²) in [5.74, 6) is 0.617.